The van der Waals surface area contributed by atoms with Crippen molar-refractivity contribution in [2.45, 2.75) is 18.2 Å². The first kappa shape index (κ1) is 12.4. The highest BCUT2D eigenvalue weighted by Crippen LogP contribution is 2.24. The Morgan fingerprint density at radius 1 is 1.17 bits per heavy atom. The van der Waals surface area contributed by atoms with E-state index in [-0.39, 0.29) is 0 Å². The molecule has 0 fully saturated rings. The summed E-state index contributed by atoms with van der Waals surface area (Å²) in [6.45, 7) is 2.11. The number of hydrogen-bond donors (Lipinski definition) is 0. The van der Waals surface area contributed by atoms with Crippen molar-refractivity contribution in [3.05, 3.63) is 0 Å². The normalized spacial score (nSPS) is 14.8. The zero-order valence-electron chi connectivity index (χ0n) is 8.42. The molecule has 0 bridgehead atoms. The lowest BCUT2D eigenvalue weighted by molar-refractivity contribution is 0.121. The number of thioether (sulfide) groups is 1. The van der Waals surface area contributed by atoms with Gasteiger partial charge in [-0.3, -0.25) is 0 Å². The summed E-state index contributed by atoms with van der Waals surface area (Å²) in [6, 6.07) is 0. The second-order valence-corrected chi connectivity index (χ2v) is 6.94. The van der Waals surface area contributed by atoms with E-state index >= 15 is 0 Å². The van der Waals surface area contributed by atoms with Gasteiger partial charge in [-0.05, 0) is 12.7 Å². The molecule has 0 heterocycles. The zero-order chi connectivity index (χ0) is 9.61. The van der Waals surface area contributed by atoms with Gasteiger partial charge in [0.15, 0.2) is 0 Å². The van der Waals surface area contributed by atoms with Crippen molar-refractivity contribution in [1.82, 2.24) is 0 Å². The Morgan fingerprint density at radius 3 is 1.67 bits per heavy atom. The summed E-state index contributed by atoms with van der Waals surface area (Å²) in [5, 5.41) is 0. The fourth-order valence-electron chi connectivity index (χ4n) is 1.21. The Hall–Kier alpha value is 0.447. The quantitative estimate of drug-likeness (QED) is 0.622. The lowest BCUT2D eigenvalue weighted by Gasteiger charge is -2.30. The maximum Gasteiger partial charge on any atom is 0.513 e. The summed E-state index contributed by atoms with van der Waals surface area (Å²) >= 11 is 1.74. The van der Waals surface area contributed by atoms with Crippen LogP contribution in [0.3, 0.4) is 0 Å². The van der Waals surface area contributed by atoms with Gasteiger partial charge in [0.25, 0.3) is 0 Å². The van der Waals surface area contributed by atoms with Crippen LogP contribution >= 0.6 is 11.8 Å². The van der Waals surface area contributed by atoms with Crippen molar-refractivity contribution in [1.29, 1.82) is 0 Å². The third-order valence-corrected chi connectivity index (χ3v) is 7.28. The van der Waals surface area contributed by atoms with Gasteiger partial charge in [-0.2, -0.15) is 11.8 Å². The highest BCUT2D eigenvalue weighted by atomic mass is 32.2. The van der Waals surface area contributed by atoms with Crippen LogP contribution in [0.4, 0.5) is 0 Å². The summed E-state index contributed by atoms with van der Waals surface area (Å²) < 4.78 is 16.1. The van der Waals surface area contributed by atoms with E-state index in [1.54, 1.807) is 33.1 Å². The van der Waals surface area contributed by atoms with E-state index in [0.29, 0.717) is 4.87 Å². The molecule has 0 amide bonds. The third-order valence-electron chi connectivity index (χ3n) is 1.90. The van der Waals surface area contributed by atoms with Crippen molar-refractivity contribution >= 4 is 20.6 Å². The van der Waals surface area contributed by atoms with Crippen LogP contribution in [0.5, 0.6) is 0 Å². The zero-order valence-corrected chi connectivity index (χ0v) is 10.2. The molecule has 0 N–H and O–H groups in total. The SMILES string of the molecule is CC[C@H](SC)[Si](OC)(OC)OC. The van der Waals surface area contributed by atoms with Crippen LogP contribution in [0.15, 0.2) is 0 Å². The van der Waals surface area contributed by atoms with Gasteiger partial charge in [0.2, 0.25) is 0 Å². The molecule has 12 heavy (non-hydrogen) atoms. The molecule has 0 saturated carbocycles. The first-order chi connectivity index (χ1) is 5.70. The van der Waals surface area contributed by atoms with Crippen molar-refractivity contribution in [3.63, 3.8) is 0 Å². The molecule has 0 aromatic carbocycles. The summed E-state index contributed by atoms with van der Waals surface area (Å²) in [6.07, 6.45) is 3.05. The van der Waals surface area contributed by atoms with Gasteiger partial charge < -0.3 is 13.3 Å². The molecule has 3 nitrogen and oxygen atoms in total. The Balaban J connectivity index is 4.42. The van der Waals surface area contributed by atoms with Gasteiger partial charge in [0, 0.05) is 21.3 Å². The van der Waals surface area contributed by atoms with E-state index in [9.17, 15) is 0 Å². The van der Waals surface area contributed by atoms with Crippen LogP contribution < -0.4 is 0 Å². The summed E-state index contributed by atoms with van der Waals surface area (Å²) in [7, 11) is 2.57. The molecule has 0 rings (SSSR count). The topological polar surface area (TPSA) is 27.7 Å². The minimum Gasteiger partial charge on any atom is -0.376 e. The molecule has 1 atom stereocenters. The van der Waals surface area contributed by atoms with E-state index in [1.807, 2.05) is 6.26 Å². The molecule has 0 aromatic rings. The van der Waals surface area contributed by atoms with Gasteiger partial charge in [0.1, 0.15) is 0 Å². The molecule has 5 heteroatoms. The van der Waals surface area contributed by atoms with E-state index in [2.05, 4.69) is 6.92 Å². The van der Waals surface area contributed by atoms with Crippen molar-refractivity contribution in [3.8, 4) is 0 Å². The van der Waals surface area contributed by atoms with Gasteiger partial charge >= 0.3 is 8.80 Å². The first-order valence-electron chi connectivity index (χ1n) is 3.89. The van der Waals surface area contributed by atoms with E-state index in [1.165, 1.54) is 0 Å². The van der Waals surface area contributed by atoms with Crippen LogP contribution in [-0.4, -0.2) is 41.3 Å². The molecule has 0 unspecified atom stereocenters. The minimum atomic E-state index is -2.38. The second kappa shape index (κ2) is 5.99. The predicted octanol–water partition coefficient (Wildman–Crippen LogP) is 1.55. The number of rotatable bonds is 6. The van der Waals surface area contributed by atoms with Crippen molar-refractivity contribution in [2.75, 3.05) is 27.6 Å². The van der Waals surface area contributed by atoms with Crippen LogP contribution in [0.1, 0.15) is 13.3 Å². The largest absolute Gasteiger partial charge is 0.513 e. The monoisotopic (exact) mass is 210 g/mol. The fourth-order valence-corrected chi connectivity index (χ4v) is 5.35. The maximum absolute atomic E-state index is 5.35. The Kier molecular flexibility index (Phi) is 6.21. The van der Waals surface area contributed by atoms with Gasteiger partial charge in [-0.15, -0.1) is 0 Å². The molecule has 0 radical (unpaired) electrons. The Labute approximate surface area is 80.1 Å². The van der Waals surface area contributed by atoms with Crippen LogP contribution in [0, 0.1) is 0 Å². The second-order valence-electron chi connectivity index (χ2n) is 2.35. The molecule has 74 valence electrons. The molecule has 0 saturated heterocycles. The fraction of sp³-hybridized carbons (Fsp3) is 1.00. The molecule has 0 aromatic heterocycles. The number of hydrogen-bond acceptors (Lipinski definition) is 4. The van der Waals surface area contributed by atoms with Gasteiger partial charge in [0.05, 0.1) is 4.87 Å². The maximum atomic E-state index is 5.35. The molecule has 0 aliphatic heterocycles. The summed E-state index contributed by atoms with van der Waals surface area (Å²) in [5.74, 6) is 0. The summed E-state index contributed by atoms with van der Waals surface area (Å²) in [5.41, 5.74) is 0. The van der Waals surface area contributed by atoms with Gasteiger partial charge in [-0.25, -0.2) is 0 Å². The average molecular weight is 210 g/mol. The highest BCUT2D eigenvalue weighted by Gasteiger charge is 2.45. The molecular formula is C7H18O3SSi. The lowest BCUT2D eigenvalue weighted by Crippen LogP contribution is -2.52. The van der Waals surface area contributed by atoms with Crippen LogP contribution in [0.2, 0.25) is 0 Å². The molecular weight excluding hydrogens is 192 g/mol. The molecule has 0 spiro atoms. The summed E-state index contributed by atoms with van der Waals surface area (Å²) in [4.78, 5) is 0.331. The van der Waals surface area contributed by atoms with E-state index in [0.717, 1.165) is 6.42 Å². The minimum absolute atomic E-state index is 0.331. The molecule has 0 aliphatic rings. The first-order valence-corrected chi connectivity index (χ1v) is 6.98. The Morgan fingerprint density at radius 2 is 1.58 bits per heavy atom. The lowest BCUT2D eigenvalue weighted by atomic mass is 10.6. The smallest absolute Gasteiger partial charge is 0.376 e. The van der Waals surface area contributed by atoms with Crippen molar-refractivity contribution in [2.24, 2.45) is 0 Å². The van der Waals surface area contributed by atoms with Crippen LogP contribution in [0.25, 0.3) is 0 Å². The third kappa shape index (κ3) is 2.47. The standard InChI is InChI=1S/C7H18O3SSi/c1-6-7(11-5)12(8-2,9-3)10-4/h7H,6H2,1-5H3/t7-/m1/s1. The molecule has 0 aliphatic carbocycles. The van der Waals surface area contributed by atoms with E-state index < -0.39 is 8.80 Å². The highest BCUT2D eigenvalue weighted by molar-refractivity contribution is 8.00. The van der Waals surface area contributed by atoms with E-state index in [4.69, 9.17) is 13.3 Å². The van der Waals surface area contributed by atoms with Crippen molar-refractivity contribution < 1.29 is 13.3 Å². The Bertz CT molecular complexity index is 107. The van der Waals surface area contributed by atoms with Crippen LogP contribution in [-0.2, 0) is 13.3 Å². The average Bonchev–Trinajstić information content (AvgIpc) is 2.14. The predicted molar refractivity (Wildman–Crippen MR) is 54.4 cm³/mol. The van der Waals surface area contributed by atoms with Gasteiger partial charge in [-0.1, -0.05) is 6.92 Å².